The highest BCUT2D eigenvalue weighted by molar-refractivity contribution is 4.96. The lowest BCUT2D eigenvalue weighted by atomic mass is 9.92. The van der Waals surface area contributed by atoms with Gasteiger partial charge in [-0.3, -0.25) is 11.9 Å². The van der Waals surface area contributed by atoms with Crippen LogP contribution in [0.2, 0.25) is 0 Å². The van der Waals surface area contributed by atoms with Gasteiger partial charge in [0.25, 0.3) is 0 Å². The maximum absolute atomic E-state index is 4.04. The van der Waals surface area contributed by atoms with E-state index in [0.717, 1.165) is 17.9 Å². The molecule has 0 spiro atoms. The van der Waals surface area contributed by atoms with Crippen molar-refractivity contribution >= 4 is 0 Å². The van der Waals surface area contributed by atoms with Gasteiger partial charge in [-0.1, -0.05) is 6.42 Å². The van der Waals surface area contributed by atoms with E-state index in [1.807, 2.05) is 0 Å². The fraction of sp³-hybridized carbons (Fsp3) is 0.909. The summed E-state index contributed by atoms with van der Waals surface area (Å²) in [7, 11) is 4.04. The Kier molecular flexibility index (Phi) is 1.88. The normalized spacial score (nSPS) is 42.2. The average Bonchev–Trinajstić information content (AvgIpc) is 2.39. The smallest absolute Gasteiger partial charge is 0.00955 e. The third kappa shape index (κ3) is 1.31. The summed E-state index contributed by atoms with van der Waals surface area (Å²) in [5, 5.41) is 0. The van der Waals surface area contributed by atoms with Gasteiger partial charge in [0.15, 0.2) is 0 Å². The summed E-state index contributed by atoms with van der Waals surface area (Å²) >= 11 is 0. The Balaban J connectivity index is 1.61. The van der Waals surface area contributed by atoms with Crippen LogP contribution in [0.25, 0.3) is 0 Å². The van der Waals surface area contributed by atoms with Crippen molar-refractivity contribution in [2.24, 2.45) is 11.8 Å². The maximum Gasteiger partial charge on any atom is 0.00955 e. The Hall–Kier alpha value is -0.0800. The van der Waals surface area contributed by atoms with Gasteiger partial charge >= 0.3 is 0 Å². The van der Waals surface area contributed by atoms with Crippen LogP contribution in [0.4, 0.5) is 0 Å². The molecular formula is C11H19N2-. The zero-order chi connectivity index (χ0) is 8.84. The molecule has 1 saturated carbocycles. The van der Waals surface area contributed by atoms with Crippen LogP contribution in [0.5, 0.6) is 0 Å². The van der Waals surface area contributed by atoms with E-state index in [9.17, 15) is 0 Å². The van der Waals surface area contributed by atoms with E-state index in [1.54, 1.807) is 0 Å². The lowest BCUT2D eigenvalue weighted by Crippen LogP contribution is -2.40. The van der Waals surface area contributed by atoms with Gasteiger partial charge in [-0.15, -0.1) is 0 Å². The first-order chi connectivity index (χ1) is 6.33. The van der Waals surface area contributed by atoms with E-state index < -0.39 is 0 Å². The van der Waals surface area contributed by atoms with Crippen molar-refractivity contribution in [2.75, 3.05) is 26.2 Å². The van der Waals surface area contributed by atoms with E-state index >= 15 is 0 Å². The number of hydrogen-bond donors (Lipinski definition) is 0. The Morgan fingerprint density at radius 2 is 1.54 bits per heavy atom. The molecule has 0 aromatic rings. The van der Waals surface area contributed by atoms with Crippen LogP contribution in [0.1, 0.15) is 19.3 Å². The number of likely N-dealkylation sites (tertiary alicyclic amines) is 2. The first-order valence-corrected chi connectivity index (χ1v) is 5.62. The molecule has 3 aliphatic rings. The zero-order valence-electron chi connectivity index (χ0n) is 8.28. The van der Waals surface area contributed by atoms with Gasteiger partial charge in [-0.25, -0.2) is 0 Å². The molecule has 2 heterocycles. The van der Waals surface area contributed by atoms with E-state index in [1.165, 1.54) is 45.4 Å². The number of nitrogens with zero attached hydrogens (tertiary/aromatic N) is 2. The Morgan fingerprint density at radius 3 is 2.00 bits per heavy atom. The van der Waals surface area contributed by atoms with Crippen molar-refractivity contribution in [2.45, 2.75) is 25.3 Å². The molecule has 0 aromatic carbocycles. The lowest BCUT2D eigenvalue weighted by molar-refractivity contribution is 0.143. The van der Waals surface area contributed by atoms with Gasteiger partial charge in [0, 0.05) is 19.1 Å². The molecule has 2 saturated heterocycles. The largest absolute Gasteiger partial charge is 0.459 e. The summed E-state index contributed by atoms with van der Waals surface area (Å²) in [6.45, 7) is 5.21. The van der Waals surface area contributed by atoms with Gasteiger partial charge in [0.2, 0.25) is 0 Å². The summed E-state index contributed by atoms with van der Waals surface area (Å²) < 4.78 is 0. The molecule has 0 aromatic heterocycles. The summed E-state index contributed by atoms with van der Waals surface area (Å²) in [4.78, 5) is 5.00. The molecule has 0 N–H and O–H groups in total. The van der Waals surface area contributed by atoms with Gasteiger partial charge in [0.05, 0.1) is 0 Å². The van der Waals surface area contributed by atoms with E-state index in [4.69, 9.17) is 0 Å². The van der Waals surface area contributed by atoms with Crippen LogP contribution in [0, 0.1) is 18.9 Å². The second-order valence-electron chi connectivity index (χ2n) is 5.09. The Labute approximate surface area is 80.9 Å². The van der Waals surface area contributed by atoms with Crippen LogP contribution in [0.15, 0.2) is 0 Å². The molecule has 2 aliphatic heterocycles. The van der Waals surface area contributed by atoms with Crippen LogP contribution in [-0.2, 0) is 0 Å². The second kappa shape index (κ2) is 2.96. The summed E-state index contributed by atoms with van der Waals surface area (Å²) in [5.74, 6) is 1.89. The molecule has 2 heteroatoms. The van der Waals surface area contributed by atoms with Crippen molar-refractivity contribution in [1.29, 1.82) is 0 Å². The van der Waals surface area contributed by atoms with Gasteiger partial charge < -0.3 is 4.90 Å². The molecule has 3 rings (SSSR count). The quantitative estimate of drug-likeness (QED) is 0.558. The summed E-state index contributed by atoms with van der Waals surface area (Å²) in [6, 6.07) is 0.962. The van der Waals surface area contributed by atoms with Crippen LogP contribution >= 0.6 is 0 Å². The monoisotopic (exact) mass is 179 g/mol. The Morgan fingerprint density at radius 1 is 0.923 bits per heavy atom. The van der Waals surface area contributed by atoms with Crippen LogP contribution in [0.3, 0.4) is 0 Å². The maximum atomic E-state index is 4.04. The van der Waals surface area contributed by atoms with Crippen molar-refractivity contribution in [1.82, 2.24) is 9.80 Å². The SMILES string of the molecule is [CH2-]N1C[C@@H]2CN(C3CCC3)C[C@@H]2C1. The van der Waals surface area contributed by atoms with E-state index in [0.29, 0.717) is 0 Å². The predicted octanol–water partition coefficient (Wildman–Crippen LogP) is 1.19. The van der Waals surface area contributed by atoms with Crippen molar-refractivity contribution in [3.8, 4) is 0 Å². The first-order valence-electron chi connectivity index (χ1n) is 5.62. The fourth-order valence-electron chi connectivity index (χ4n) is 3.18. The third-order valence-electron chi connectivity index (χ3n) is 4.18. The predicted molar refractivity (Wildman–Crippen MR) is 53.1 cm³/mol. The van der Waals surface area contributed by atoms with Crippen LogP contribution in [-0.4, -0.2) is 42.0 Å². The summed E-state index contributed by atoms with van der Waals surface area (Å²) in [5.41, 5.74) is 0. The van der Waals surface area contributed by atoms with Gasteiger partial charge in [-0.2, -0.15) is 0 Å². The lowest BCUT2D eigenvalue weighted by Gasteiger charge is -2.35. The summed E-state index contributed by atoms with van der Waals surface area (Å²) in [6.07, 6.45) is 4.40. The molecule has 2 atom stereocenters. The topological polar surface area (TPSA) is 6.48 Å². The molecule has 0 amide bonds. The molecule has 0 unspecified atom stereocenters. The highest BCUT2D eigenvalue weighted by atomic mass is 15.2. The van der Waals surface area contributed by atoms with E-state index in [2.05, 4.69) is 16.8 Å². The Bertz CT molecular complexity index is 186. The average molecular weight is 179 g/mol. The van der Waals surface area contributed by atoms with Gasteiger partial charge in [-0.05, 0) is 37.8 Å². The second-order valence-corrected chi connectivity index (χ2v) is 5.09. The minimum Gasteiger partial charge on any atom is -0.459 e. The number of hydrogen-bond acceptors (Lipinski definition) is 2. The standard InChI is InChI=1S/C11H19N2/c1-12-5-9-7-13(8-10(9)6-12)11-3-2-4-11/h9-11H,1-8H2/q-1/t9-,10+. The van der Waals surface area contributed by atoms with Crippen LogP contribution < -0.4 is 0 Å². The van der Waals surface area contributed by atoms with Crippen molar-refractivity contribution < 1.29 is 0 Å². The molecule has 1 aliphatic carbocycles. The molecular weight excluding hydrogens is 160 g/mol. The van der Waals surface area contributed by atoms with Gasteiger partial charge in [0.1, 0.15) is 0 Å². The number of rotatable bonds is 1. The highest BCUT2D eigenvalue weighted by Crippen LogP contribution is 2.35. The van der Waals surface area contributed by atoms with Crippen molar-refractivity contribution in [3.05, 3.63) is 7.05 Å². The van der Waals surface area contributed by atoms with Crippen molar-refractivity contribution in [3.63, 3.8) is 0 Å². The molecule has 74 valence electrons. The minimum atomic E-state index is 0.943. The molecule has 0 radical (unpaired) electrons. The molecule has 0 bridgehead atoms. The fourth-order valence-corrected chi connectivity index (χ4v) is 3.18. The molecule has 2 nitrogen and oxygen atoms in total. The molecule has 13 heavy (non-hydrogen) atoms. The number of fused-ring (bicyclic) bond motifs is 1. The molecule has 3 fully saturated rings. The zero-order valence-corrected chi connectivity index (χ0v) is 8.28. The minimum absolute atomic E-state index is 0.943. The highest BCUT2D eigenvalue weighted by Gasteiger charge is 2.40. The van der Waals surface area contributed by atoms with E-state index in [-0.39, 0.29) is 0 Å². The third-order valence-corrected chi connectivity index (χ3v) is 4.18. The first kappa shape index (κ1) is 8.25.